The number of aromatic nitrogens is 1. The van der Waals surface area contributed by atoms with Crippen molar-refractivity contribution >= 4 is 40.7 Å². The second-order valence-electron chi connectivity index (χ2n) is 9.01. The molecule has 0 radical (unpaired) electrons. The van der Waals surface area contributed by atoms with Crippen molar-refractivity contribution in [2.24, 2.45) is 5.73 Å². The molecule has 2 aromatic carbocycles. The number of carbonyl (C=O) groups excluding carboxylic acids is 1. The number of aliphatic hydroxyl groups is 1. The number of amides is 1. The molecule has 0 aliphatic carbocycles. The molecular weight excluding hydrogens is 519 g/mol. The van der Waals surface area contributed by atoms with Crippen molar-refractivity contribution in [3.63, 3.8) is 0 Å². The lowest BCUT2D eigenvalue weighted by Gasteiger charge is -2.34. The normalized spacial score (nSPS) is 15.7. The van der Waals surface area contributed by atoms with Crippen LogP contribution in [-0.4, -0.2) is 65.1 Å². The number of hydrogen-bond acceptors (Lipinski definition) is 5. The highest BCUT2D eigenvalue weighted by Gasteiger charge is 2.28. The molecule has 3 aromatic rings. The van der Waals surface area contributed by atoms with E-state index in [4.69, 9.17) is 45.5 Å². The fraction of sp³-hybridized carbons (Fsp3) is 0.333. The molecule has 1 fully saturated rings. The molecule has 1 aromatic heterocycles. The lowest BCUT2D eigenvalue weighted by Crippen LogP contribution is -2.46. The van der Waals surface area contributed by atoms with Crippen LogP contribution in [0.3, 0.4) is 0 Å². The lowest BCUT2D eigenvalue weighted by atomic mass is 9.92. The van der Waals surface area contributed by atoms with Crippen molar-refractivity contribution in [2.75, 3.05) is 39.3 Å². The minimum atomic E-state index is -0.911. The van der Waals surface area contributed by atoms with Crippen LogP contribution in [0.5, 0.6) is 0 Å². The first-order valence-electron chi connectivity index (χ1n) is 11.8. The maximum absolute atomic E-state index is 12.8. The fourth-order valence-corrected chi connectivity index (χ4v) is 5.46. The fourth-order valence-electron chi connectivity index (χ4n) is 4.67. The molecule has 2 heterocycles. The summed E-state index contributed by atoms with van der Waals surface area (Å²) in [6, 6.07) is 14.8. The minimum Gasteiger partial charge on any atom is -0.395 e. The average molecular weight is 548 g/mol. The Bertz CT molecular complexity index is 1230. The average Bonchev–Trinajstić information content (AvgIpc) is 2.84. The molecule has 1 amide bonds. The van der Waals surface area contributed by atoms with E-state index in [0.29, 0.717) is 45.1 Å². The van der Waals surface area contributed by atoms with Crippen molar-refractivity contribution in [1.82, 2.24) is 14.8 Å². The van der Waals surface area contributed by atoms with Gasteiger partial charge in [0.2, 0.25) is 5.91 Å². The van der Waals surface area contributed by atoms with E-state index in [1.807, 2.05) is 37.3 Å². The number of rotatable bonds is 8. The van der Waals surface area contributed by atoms with Gasteiger partial charge in [-0.05, 0) is 48.4 Å². The van der Waals surface area contributed by atoms with Gasteiger partial charge in [0.05, 0.1) is 18.0 Å². The number of nitrogens with two attached hydrogens (primary N) is 1. The SMILES string of the molecule is Cc1c(Cl)cccc1-c1cc(CN2CCN(CCO)CC2)cc(C(C(N)=O)c2c(Cl)cccc2Cl)n1. The topological polar surface area (TPSA) is 82.7 Å². The van der Waals surface area contributed by atoms with Gasteiger partial charge in [0.25, 0.3) is 0 Å². The van der Waals surface area contributed by atoms with Crippen molar-refractivity contribution in [3.05, 3.63) is 86.0 Å². The molecule has 1 aliphatic rings. The quantitative estimate of drug-likeness (QED) is 0.426. The summed E-state index contributed by atoms with van der Waals surface area (Å²) in [5.74, 6) is -1.49. The zero-order valence-corrected chi connectivity index (χ0v) is 22.3. The third-order valence-corrected chi connectivity index (χ3v) is 7.67. The van der Waals surface area contributed by atoms with E-state index in [-0.39, 0.29) is 6.61 Å². The van der Waals surface area contributed by atoms with Gasteiger partial charge in [-0.2, -0.15) is 0 Å². The van der Waals surface area contributed by atoms with E-state index in [1.165, 1.54) is 0 Å². The van der Waals surface area contributed by atoms with Gasteiger partial charge in [-0.3, -0.25) is 19.6 Å². The highest BCUT2D eigenvalue weighted by Crippen LogP contribution is 2.37. The van der Waals surface area contributed by atoms with Gasteiger partial charge in [0.1, 0.15) is 5.92 Å². The molecule has 4 rings (SSSR count). The Morgan fingerprint density at radius 2 is 1.61 bits per heavy atom. The van der Waals surface area contributed by atoms with Crippen LogP contribution >= 0.6 is 34.8 Å². The Kier molecular flexibility index (Phi) is 8.88. The summed E-state index contributed by atoms with van der Waals surface area (Å²) in [5.41, 5.74) is 10.3. The molecule has 1 unspecified atom stereocenters. The Labute approximate surface area is 226 Å². The molecule has 0 bridgehead atoms. The second-order valence-corrected chi connectivity index (χ2v) is 10.2. The molecule has 190 valence electrons. The molecule has 9 heteroatoms. The van der Waals surface area contributed by atoms with Crippen molar-refractivity contribution in [1.29, 1.82) is 0 Å². The van der Waals surface area contributed by atoms with E-state index in [1.54, 1.807) is 18.2 Å². The van der Waals surface area contributed by atoms with Crippen molar-refractivity contribution < 1.29 is 9.90 Å². The van der Waals surface area contributed by atoms with E-state index < -0.39 is 11.8 Å². The molecule has 1 atom stereocenters. The number of hydrogen-bond donors (Lipinski definition) is 2. The molecule has 1 aliphatic heterocycles. The lowest BCUT2D eigenvalue weighted by molar-refractivity contribution is -0.118. The zero-order chi connectivity index (χ0) is 25.8. The van der Waals surface area contributed by atoms with Crippen LogP contribution in [0.4, 0.5) is 0 Å². The van der Waals surface area contributed by atoms with Crippen molar-refractivity contribution in [3.8, 4) is 11.3 Å². The van der Waals surface area contributed by atoms with Gasteiger partial charge >= 0.3 is 0 Å². The first kappa shape index (κ1) is 26.9. The maximum atomic E-state index is 12.8. The molecule has 36 heavy (non-hydrogen) atoms. The summed E-state index contributed by atoms with van der Waals surface area (Å²) in [6.45, 7) is 6.99. The van der Waals surface area contributed by atoms with Gasteiger partial charge in [0.15, 0.2) is 0 Å². The Hall–Kier alpha value is -2.19. The number of primary amides is 1. The predicted octanol–water partition coefficient (Wildman–Crippen LogP) is 4.74. The number of nitrogens with zero attached hydrogens (tertiary/aromatic N) is 3. The number of β-amino-alcohol motifs (C(OH)–C–C–N with tert-alkyl or cyclic N) is 1. The van der Waals surface area contributed by atoms with Gasteiger partial charge in [-0.1, -0.05) is 53.0 Å². The number of carbonyl (C=O) groups is 1. The number of benzene rings is 2. The second kappa shape index (κ2) is 11.9. The van der Waals surface area contributed by atoms with Crippen molar-refractivity contribution in [2.45, 2.75) is 19.4 Å². The third kappa shape index (κ3) is 6.02. The number of pyridine rings is 1. The van der Waals surface area contributed by atoms with E-state index in [0.717, 1.165) is 42.9 Å². The molecule has 0 spiro atoms. The Morgan fingerprint density at radius 3 is 2.25 bits per heavy atom. The maximum Gasteiger partial charge on any atom is 0.231 e. The predicted molar refractivity (Wildman–Crippen MR) is 146 cm³/mol. The Morgan fingerprint density at radius 1 is 1.00 bits per heavy atom. The van der Waals surface area contributed by atoms with Crippen LogP contribution < -0.4 is 5.73 Å². The van der Waals surface area contributed by atoms with Gasteiger partial charge in [0, 0.05) is 65.5 Å². The van der Waals surface area contributed by atoms with E-state index in [9.17, 15) is 9.90 Å². The highest BCUT2D eigenvalue weighted by atomic mass is 35.5. The van der Waals surface area contributed by atoms with Gasteiger partial charge in [-0.15, -0.1) is 0 Å². The summed E-state index contributed by atoms with van der Waals surface area (Å²) in [5, 5.41) is 10.6. The molecule has 6 nitrogen and oxygen atoms in total. The summed E-state index contributed by atoms with van der Waals surface area (Å²) in [4.78, 5) is 22.3. The highest BCUT2D eigenvalue weighted by molar-refractivity contribution is 6.36. The summed E-state index contributed by atoms with van der Waals surface area (Å²) in [6.07, 6.45) is 0. The van der Waals surface area contributed by atoms with Crippen LogP contribution in [0.1, 0.15) is 28.3 Å². The van der Waals surface area contributed by atoms with E-state index >= 15 is 0 Å². The zero-order valence-electron chi connectivity index (χ0n) is 20.1. The Balaban J connectivity index is 1.78. The summed E-state index contributed by atoms with van der Waals surface area (Å²) in [7, 11) is 0. The first-order chi connectivity index (χ1) is 17.3. The van der Waals surface area contributed by atoms with Gasteiger partial charge in [-0.25, -0.2) is 0 Å². The largest absolute Gasteiger partial charge is 0.395 e. The third-order valence-electron chi connectivity index (χ3n) is 6.60. The first-order valence-corrected chi connectivity index (χ1v) is 13.0. The smallest absolute Gasteiger partial charge is 0.231 e. The molecule has 1 saturated heterocycles. The van der Waals surface area contributed by atoms with Crippen LogP contribution in [-0.2, 0) is 11.3 Å². The number of aliphatic hydroxyl groups excluding tert-OH is 1. The van der Waals surface area contributed by atoms with Gasteiger partial charge < -0.3 is 10.8 Å². The number of halogens is 3. The molecule has 3 N–H and O–H groups in total. The molecular formula is C27H29Cl3N4O2. The minimum absolute atomic E-state index is 0.162. The van der Waals surface area contributed by atoms with Crippen LogP contribution in [0.25, 0.3) is 11.3 Å². The van der Waals surface area contributed by atoms with Crippen LogP contribution in [0.2, 0.25) is 15.1 Å². The monoisotopic (exact) mass is 546 g/mol. The number of piperazine rings is 1. The van der Waals surface area contributed by atoms with Crippen LogP contribution in [0.15, 0.2) is 48.5 Å². The van der Waals surface area contributed by atoms with Crippen LogP contribution in [0, 0.1) is 6.92 Å². The standard InChI is InChI=1S/C27H29Cl3N4O2/c1-17-19(4-2-5-20(17)28)23-14-18(16-34-10-8-33(9-11-34)12-13-35)15-24(32-23)26(27(31)36)25-21(29)6-3-7-22(25)30/h2-7,14-15,26,35H,8-13,16H2,1H3,(H2,31,36). The molecule has 0 saturated carbocycles. The van der Waals surface area contributed by atoms with E-state index in [2.05, 4.69) is 9.80 Å². The summed E-state index contributed by atoms with van der Waals surface area (Å²) >= 11 is 19.4. The summed E-state index contributed by atoms with van der Waals surface area (Å²) < 4.78 is 0.